The highest BCUT2D eigenvalue weighted by molar-refractivity contribution is 6.34. The molecule has 0 unspecified atom stereocenters. The Morgan fingerprint density at radius 2 is 1.67 bits per heavy atom. The molecule has 0 atom stereocenters. The number of imidazole rings is 1. The van der Waals surface area contributed by atoms with E-state index in [0.717, 1.165) is 11.8 Å². The summed E-state index contributed by atoms with van der Waals surface area (Å²) in [6, 6.07) is 7.16. The fourth-order valence-electron chi connectivity index (χ4n) is 4.86. The molecular weight excluding hydrogens is 686 g/mol. The molecule has 2 aromatic carbocycles. The Balaban J connectivity index is 1.60. The Morgan fingerprint density at radius 1 is 1.02 bits per heavy atom. The number of hydrogen-bond donors (Lipinski definition) is 4. The van der Waals surface area contributed by atoms with Crippen molar-refractivity contribution in [3.8, 4) is 11.5 Å². The molecule has 4 rings (SSSR count). The molecule has 0 fully saturated rings. The minimum Gasteiger partial charge on any atom is -0.492 e. The van der Waals surface area contributed by atoms with Crippen molar-refractivity contribution >= 4 is 58.0 Å². The van der Waals surface area contributed by atoms with E-state index >= 15 is 0 Å². The number of benzene rings is 2. The summed E-state index contributed by atoms with van der Waals surface area (Å²) < 4.78 is 20.7. The molecule has 272 valence electrons. The zero-order chi connectivity index (χ0) is 37.5. The Morgan fingerprint density at radius 3 is 2.29 bits per heavy atom. The molecule has 3 amide bonds. The van der Waals surface area contributed by atoms with Gasteiger partial charge < -0.3 is 40.9 Å². The number of hydrogen-bond acceptors (Lipinski definition) is 11. The summed E-state index contributed by atoms with van der Waals surface area (Å²) in [4.78, 5) is 51.5. The van der Waals surface area contributed by atoms with Crippen molar-refractivity contribution in [1.82, 2.24) is 24.6 Å². The summed E-state index contributed by atoms with van der Waals surface area (Å²) in [5, 5.41) is 21.6. The second-order valence-electron chi connectivity index (χ2n) is 12.2. The largest absolute Gasteiger partial charge is 0.492 e. The van der Waals surface area contributed by atoms with Gasteiger partial charge in [0.1, 0.15) is 28.4 Å². The fourth-order valence-corrected chi connectivity index (χ4v) is 5.10. The van der Waals surface area contributed by atoms with Gasteiger partial charge in [0.15, 0.2) is 5.02 Å². The van der Waals surface area contributed by atoms with Crippen molar-refractivity contribution in [2.24, 2.45) is 11.5 Å². The first-order valence-electron chi connectivity index (χ1n) is 15.9. The first-order valence-corrected chi connectivity index (χ1v) is 16.3. The van der Waals surface area contributed by atoms with Crippen LogP contribution >= 0.6 is 11.6 Å². The van der Waals surface area contributed by atoms with Crippen LogP contribution in [0.5, 0.6) is 11.5 Å². The minimum absolute atomic E-state index is 0.00243. The summed E-state index contributed by atoms with van der Waals surface area (Å²) in [5.74, 6) is -0.239. The van der Waals surface area contributed by atoms with Crippen molar-refractivity contribution in [1.29, 1.82) is 0 Å². The third-order valence-electron chi connectivity index (χ3n) is 7.06. The normalized spacial score (nSPS) is 11.5. The van der Waals surface area contributed by atoms with E-state index in [2.05, 4.69) is 15.7 Å². The highest BCUT2D eigenvalue weighted by Gasteiger charge is 2.22. The number of carbonyl (C=O) groups excluding carboxylic acids is 3. The van der Waals surface area contributed by atoms with Crippen molar-refractivity contribution in [3.05, 3.63) is 74.4 Å². The number of aromatic nitrogens is 4. The van der Waals surface area contributed by atoms with Gasteiger partial charge in [-0.3, -0.25) is 19.7 Å². The number of fused-ring (bicyclic) bond motifs is 1. The van der Waals surface area contributed by atoms with Crippen molar-refractivity contribution in [2.75, 3.05) is 25.1 Å². The van der Waals surface area contributed by atoms with E-state index in [1.807, 2.05) is 30.6 Å². The highest BCUT2D eigenvalue weighted by Crippen LogP contribution is 2.36. The maximum absolute atomic E-state index is 12.3. The van der Waals surface area contributed by atoms with Gasteiger partial charge in [-0.05, 0) is 52.8 Å². The third-order valence-corrected chi connectivity index (χ3v) is 7.44. The number of alkyl carbamates (subject to hydrolysis) is 1. The molecule has 0 aliphatic carbocycles. The molecule has 18 heteroatoms. The van der Waals surface area contributed by atoms with Crippen molar-refractivity contribution < 1.29 is 33.5 Å². The van der Waals surface area contributed by atoms with Crippen LogP contribution in [-0.2, 0) is 17.8 Å². The van der Waals surface area contributed by atoms with Gasteiger partial charge in [-0.15, -0.1) is 0 Å². The Labute approximate surface area is 298 Å². The lowest BCUT2D eigenvalue weighted by Gasteiger charge is -2.19. The predicted molar refractivity (Wildman–Crippen MR) is 190 cm³/mol. The summed E-state index contributed by atoms with van der Waals surface area (Å²) in [7, 11) is 0. The monoisotopic (exact) mass is 725 g/mol. The summed E-state index contributed by atoms with van der Waals surface area (Å²) in [5.41, 5.74) is 11.6. The lowest BCUT2D eigenvalue weighted by Crippen LogP contribution is -2.32. The number of nitro groups is 1. The topological polar surface area (TPSA) is 234 Å². The zero-order valence-corrected chi connectivity index (χ0v) is 29.6. The van der Waals surface area contributed by atoms with Gasteiger partial charge in [0.05, 0.1) is 29.3 Å². The molecule has 17 nitrogen and oxygen atoms in total. The molecule has 0 bridgehead atoms. The van der Waals surface area contributed by atoms with Crippen LogP contribution in [0.1, 0.15) is 60.5 Å². The number of nitrogens with one attached hydrogen (secondary N) is 2. The van der Waals surface area contributed by atoms with Crippen molar-refractivity contribution in [2.45, 2.75) is 59.7 Å². The minimum atomic E-state index is -0.879. The quantitative estimate of drug-likeness (QED) is 0.0519. The molecule has 0 saturated heterocycles. The van der Waals surface area contributed by atoms with Crippen LogP contribution in [0.2, 0.25) is 5.02 Å². The van der Waals surface area contributed by atoms with Gasteiger partial charge in [-0.25, -0.2) is 14.5 Å². The maximum Gasteiger partial charge on any atom is 0.407 e. The molecule has 4 aromatic rings. The van der Waals surface area contributed by atoms with E-state index in [-0.39, 0.29) is 54.6 Å². The molecule has 2 heterocycles. The number of allylic oxidation sites excluding steroid dienone is 1. The average molecular weight is 726 g/mol. The number of rotatable bonds is 16. The van der Waals surface area contributed by atoms with Gasteiger partial charge in [0.25, 0.3) is 5.69 Å². The molecule has 2 aromatic heterocycles. The summed E-state index contributed by atoms with van der Waals surface area (Å²) in [6.07, 6.45) is 3.30. The molecule has 0 aliphatic rings. The smallest absolute Gasteiger partial charge is 0.407 e. The molecule has 0 spiro atoms. The van der Waals surface area contributed by atoms with Crippen LogP contribution in [0.15, 0.2) is 42.5 Å². The molecule has 51 heavy (non-hydrogen) atoms. The van der Waals surface area contributed by atoms with Crippen LogP contribution in [0.3, 0.4) is 0 Å². The number of anilines is 2. The van der Waals surface area contributed by atoms with E-state index in [4.69, 9.17) is 42.3 Å². The standard InChI is InChI=1S/C33H40ClN9O8/c1-6-42-26(14-19(2)40-42)39-31-38-22-15-20(29(35)44)18-25(28(22)41(31)11-8-7-10-37-32(46)51-33(3,4)5)50-13-9-12-49-24-17-21(30(36)45)16-23(27(24)34)43(47)48/h7-8,14-18H,6,9-13H2,1-5H3,(H2,35,44)(H2,36,45)(H,37,46)(H,38,39)/b8-7+. The second-order valence-corrected chi connectivity index (χ2v) is 12.6. The van der Waals surface area contributed by atoms with E-state index in [1.165, 1.54) is 12.1 Å². The third kappa shape index (κ3) is 9.87. The maximum atomic E-state index is 12.3. The average Bonchev–Trinajstić information content (AvgIpc) is 3.58. The number of aryl methyl sites for hydroxylation is 2. The fraction of sp³-hybridized carbons (Fsp3) is 0.364. The Hall–Kier alpha value is -5.84. The number of carbonyl (C=O) groups is 3. The molecule has 0 radical (unpaired) electrons. The summed E-state index contributed by atoms with van der Waals surface area (Å²) >= 11 is 6.15. The van der Waals surface area contributed by atoms with Crippen molar-refractivity contribution in [3.63, 3.8) is 0 Å². The molecule has 0 saturated carbocycles. The lowest BCUT2D eigenvalue weighted by atomic mass is 10.1. The number of primary amides is 2. The number of amides is 3. The summed E-state index contributed by atoms with van der Waals surface area (Å²) in [6.45, 7) is 10.3. The number of nitrogens with zero attached hydrogens (tertiary/aromatic N) is 5. The number of nitrogens with two attached hydrogens (primary N) is 2. The predicted octanol–water partition coefficient (Wildman–Crippen LogP) is 4.99. The van der Waals surface area contributed by atoms with E-state index < -0.39 is 34.1 Å². The Kier molecular flexibility index (Phi) is 12.1. The van der Waals surface area contributed by atoms with Gasteiger partial charge in [-0.2, -0.15) is 5.10 Å². The number of halogens is 1. The molecule has 0 aliphatic heterocycles. The van der Waals surface area contributed by atoms with E-state index in [9.17, 15) is 24.5 Å². The Bertz CT molecular complexity index is 1980. The molecule has 6 N–H and O–H groups in total. The van der Waals surface area contributed by atoms with Crippen LogP contribution in [-0.4, -0.2) is 67.5 Å². The second kappa shape index (κ2) is 16.2. The van der Waals surface area contributed by atoms with Crippen LogP contribution < -0.4 is 31.6 Å². The number of ether oxygens (including phenoxy) is 3. The van der Waals surface area contributed by atoms with Gasteiger partial charge >= 0.3 is 6.09 Å². The van der Waals surface area contributed by atoms with E-state index in [0.29, 0.717) is 35.1 Å². The number of nitro benzene ring substituents is 1. The van der Waals surface area contributed by atoms with Gasteiger partial charge in [0, 0.05) is 49.3 Å². The first-order chi connectivity index (χ1) is 24.1. The lowest BCUT2D eigenvalue weighted by molar-refractivity contribution is -0.384. The van der Waals surface area contributed by atoms with Crippen LogP contribution in [0, 0.1) is 17.0 Å². The molecular formula is C33H40ClN9O8. The van der Waals surface area contributed by atoms with Gasteiger partial charge in [0.2, 0.25) is 17.8 Å². The van der Waals surface area contributed by atoms with Crippen LogP contribution in [0.4, 0.5) is 22.2 Å². The SMILES string of the molecule is CCn1nc(C)cc1Nc1nc2cc(C(N)=O)cc(OCCCOc3cc(C(N)=O)cc([N+](=O)[O-])c3Cl)c2n1C/C=C/CNC(=O)OC(C)(C)C. The highest BCUT2D eigenvalue weighted by atomic mass is 35.5. The zero-order valence-electron chi connectivity index (χ0n) is 28.8. The van der Waals surface area contributed by atoms with Gasteiger partial charge in [-0.1, -0.05) is 23.8 Å². The first kappa shape index (κ1) is 38.0. The van der Waals surface area contributed by atoms with E-state index in [1.54, 1.807) is 37.6 Å². The van der Waals surface area contributed by atoms with Crippen LogP contribution in [0.25, 0.3) is 11.0 Å².